The molecule has 1 fully saturated rings. The van der Waals surface area contributed by atoms with Gasteiger partial charge in [0, 0.05) is 11.8 Å². The van der Waals surface area contributed by atoms with Gasteiger partial charge in [-0.2, -0.15) is 0 Å². The first-order chi connectivity index (χ1) is 12.9. The highest BCUT2D eigenvalue weighted by Crippen LogP contribution is 2.36. The summed E-state index contributed by atoms with van der Waals surface area (Å²) in [6.07, 6.45) is 3.17. The van der Waals surface area contributed by atoms with Gasteiger partial charge in [0.15, 0.2) is 0 Å². The molecule has 1 saturated heterocycles. The number of anilines is 1. The smallest absolute Gasteiger partial charge is 0.399 e. The predicted molar refractivity (Wildman–Crippen MR) is 113 cm³/mol. The minimum absolute atomic E-state index is 0.399. The van der Waals surface area contributed by atoms with Crippen LogP contribution < -0.4 is 10.2 Å². The Balaban J connectivity index is 1.88. The fourth-order valence-corrected chi connectivity index (χ4v) is 3.50. The maximum Gasteiger partial charge on any atom is 0.494 e. The minimum atomic E-state index is -3.46. The molecule has 28 heavy (non-hydrogen) atoms. The Morgan fingerprint density at radius 3 is 2.11 bits per heavy atom. The van der Waals surface area contributed by atoms with Crippen molar-refractivity contribution in [3.8, 4) is 11.1 Å². The van der Waals surface area contributed by atoms with Crippen LogP contribution >= 0.6 is 0 Å². The normalized spacial score (nSPS) is 18.5. The summed E-state index contributed by atoms with van der Waals surface area (Å²) in [4.78, 5) is 4.06. The number of hydrogen-bond donors (Lipinski definition) is 1. The van der Waals surface area contributed by atoms with E-state index in [4.69, 9.17) is 9.31 Å². The van der Waals surface area contributed by atoms with Gasteiger partial charge < -0.3 is 9.31 Å². The van der Waals surface area contributed by atoms with Crippen molar-refractivity contribution in [2.45, 2.75) is 58.0 Å². The van der Waals surface area contributed by atoms with E-state index in [0.29, 0.717) is 5.69 Å². The number of aromatic nitrogens is 1. The Labute approximate surface area is 167 Å². The Hall–Kier alpha value is -1.90. The largest absolute Gasteiger partial charge is 0.494 e. The first kappa shape index (κ1) is 20.8. The van der Waals surface area contributed by atoms with Crippen molar-refractivity contribution in [2.24, 2.45) is 0 Å². The summed E-state index contributed by atoms with van der Waals surface area (Å²) in [5.74, 6) is 0. The molecule has 3 rings (SSSR count). The van der Waals surface area contributed by atoms with Gasteiger partial charge in [-0.15, -0.1) is 0 Å². The molecule has 0 amide bonds. The van der Waals surface area contributed by atoms with Crippen LogP contribution in [0.2, 0.25) is 0 Å². The number of pyridine rings is 1. The standard InChI is InChI=1S/C20H27BN2O4S/c1-14(2)28(24,25)23-18-13-22-12-11-17(18)15-7-9-16(10-8-15)21-26-19(3,4)20(5,6)27-21/h7-14,23H,1-6H3. The van der Waals surface area contributed by atoms with E-state index >= 15 is 0 Å². The van der Waals surface area contributed by atoms with Gasteiger partial charge in [0.2, 0.25) is 10.0 Å². The minimum Gasteiger partial charge on any atom is -0.399 e. The van der Waals surface area contributed by atoms with E-state index in [0.717, 1.165) is 16.6 Å². The SMILES string of the molecule is CC(C)S(=O)(=O)Nc1cnccc1-c1ccc(B2OC(C)(C)C(C)(C)O2)cc1. The van der Waals surface area contributed by atoms with E-state index in [9.17, 15) is 8.42 Å². The Bertz CT molecular complexity index is 940. The molecular weight excluding hydrogens is 375 g/mol. The topological polar surface area (TPSA) is 77.5 Å². The van der Waals surface area contributed by atoms with E-state index < -0.39 is 33.6 Å². The van der Waals surface area contributed by atoms with E-state index in [1.807, 2.05) is 52.0 Å². The highest BCUT2D eigenvalue weighted by molar-refractivity contribution is 7.93. The average molecular weight is 402 g/mol. The van der Waals surface area contributed by atoms with Crippen LogP contribution in [0.4, 0.5) is 5.69 Å². The number of hydrogen-bond acceptors (Lipinski definition) is 5. The molecule has 1 aliphatic heterocycles. The van der Waals surface area contributed by atoms with Crippen molar-refractivity contribution in [1.82, 2.24) is 4.98 Å². The Morgan fingerprint density at radius 1 is 1.00 bits per heavy atom. The van der Waals surface area contributed by atoms with Crippen LogP contribution in [0.1, 0.15) is 41.5 Å². The van der Waals surface area contributed by atoms with Gasteiger partial charge in [-0.05, 0) is 58.6 Å². The van der Waals surface area contributed by atoms with Crippen molar-refractivity contribution in [3.63, 3.8) is 0 Å². The zero-order valence-corrected chi connectivity index (χ0v) is 18.0. The van der Waals surface area contributed by atoms with Gasteiger partial charge in [0.1, 0.15) is 0 Å². The number of nitrogens with one attached hydrogen (secondary N) is 1. The zero-order valence-electron chi connectivity index (χ0n) is 17.2. The lowest BCUT2D eigenvalue weighted by molar-refractivity contribution is 0.00578. The maximum absolute atomic E-state index is 12.3. The number of sulfonamides is 1. The second-order valence-electron chi connectivity index (χ2n) is 8.33. The second-order valence-corrected chi connectivity index (χ2v) is 10.6. The monoisotopic (exact) mass is 402 g/mol. The van der Waals surface area contributed by atoms with Crippen LogP contribution in [0.3, 0.4) is 0 Å². The zero-order chi connectivity index (χ0) is 20.7. The van der Waals surface area contributed by atoms with Crippen LogP contribution in [0.15, 0.2) is 42.7 Å². The van der Waals surface area contributed by atoms with Crippen LogP contribution in [-0.4, -0.2) is 37.0 Å². The summed E-state index contributed by atoms with van der Waals surface area (Å²) in [7, 11) is -3.89. The molecule has 0 radical (unpaired) electrons. The maximum atomic E-state index is 12.3. The molecule has 150 valence electrons. The lowest BCUT2D eigenvalue weighted by Crippen LogP contribution is -2.41. The van der Waals surface area contributed by atoms with E-state index in [2.05, 4.69) is 9.71 Å². The predicted octanol–water partition coefficient (Wildman–Crippen LogP) is 3.20. The Kier molecular flexibility index (Phi) is 5.33. The number of nitrogens with zero attached hydrogens (tertiary/aromatic N) is 1. The van der Waals surface area contributed by atoms with E-state index in [1.165, 1.54) is 6.20 Å². The summed E-state index contributed by atoms with van der Waals surface area (Å²) >= 11 is 0. The molecule has 1 aromatic carbocycles. The second kappa shape index (κ2) is 7.17. The first-order valence-corrected chi connectivity index (χ1v) is 10.9. The van der Waals surface area contributed by atoms with Crippen molar-refractivity contribution >= 4 is 28.3 Å². The van der Waals surface area contributed by atoms with Crippen molar-refractivity contribution in [2.75, 3.05) is 4.72 Å². The molecule has 1 N–H and O–H groups in total. The number of benzene rings is 1. The summed E-state index contributed by atoms with van der Waals surface area (Å²) in [6.45, 7) is 11.4. The van der Waals surface area contributed by atoms with Gasteiger partial charge in [0.05, 0.1) is 28.3 Å². The van der Waals surface area contributed by atoms with Gasteiger partial charge in [-0.25, -0.2) is 8.42 Å². The molecule has 1 aromatic heterocycles. The molecule has 0 spiro atoms. The van der Waals surface area contributed by atoms with Gasteiger partial charge in [0.25, 0.3) is 0 Å². The number of rotatable bonds is 5. The van der Waals surface area contributed by atoms with Crippen LogP contribution in [0.25, 0.3) is 11.1 Å². The quantitative estimate of drug-likeness (QED) is 0.778. The van der Waals surface area contributed by atoms with E-state index in [-0.39, 0.29) is 0 Å². The highest BCUT2D eigenvalue weighted by atomic mass is 32.2. The summed E-state index contributed by atoms with van der Waals surface area (Å²) < 4.78 is 39.3. The van der Waals surface area contributed by atoms with E-state index in [1.54, 1.807) is 26.1 Å². The van der Waals surface area contributed by atoms with Crippen LogP contribution in [-0.2, 0) is 19.3 Å². The fourth-order valence-electron chi connectivity index (χ4n) is 2.80. The molecule has 1 aliphatic rings. The molecule has 2 heterocycles. The van der Waals surface area contributed by atoms with Crippen LogP contribution in [0.5, 0.6) is 0 Å². The molecule has 0 bridgehead atoms. The molecule has 0 atom stereocenters. The molecule has 0 aliphatic carbocycles. The molecule has 6 nitrogen and oxygen atoms in total. The summed E-state index contributed by atoms with van der Waals surface area (Å²) in [5.41, 5.74) is 2.22. The molecule has 0 unspecified atom stereocenters. The summed E-state index contributed by atoms with van der Waals surface area (Å²) in [6, 6.07) is 9.55. The Morgan fingerprint density at radius 2 is 1.57 bits per heavy atom. The lowest BCUT2D eigenvalue weighted by Gasteiger charge is -2.32. The van der Waals surface area contributed by atoms with Crippen LogP contribution in [0, 0.1) is 0 Å². The molecule has 2 aromatic rings. The van der Waals surface area contributed by atoms with Crippen molar-refractivity contribution in [3.05, 3.63) is 42.7 Å². The lowest BCUT2D eigenvalue weighted by atomic mass is 9.78. The third-order valence-electron chi connectivity index (χ3n) is 5.44. The van der Waals surface area contributed by atoms with Gasteiger partial charge >= 0.3 is 7.12 Å². The molecular formula is C20H27BN2O4S. The van der Waals surface area contributed by atoms with Crippen molar-refractivity contribution in [1.29, 1.82) is 0 Å². The summed E-state index contributed by atoms with van der Waals surface area (Å²) in [5, 5.41) is -0.536. The fraction of sp³-hybridized carbons (Fsp3) is 0.450. The average Bonchev–Trinajstić information content (AvgIpc) is 2.83. The third kappa shape index (κ3) is 3.95. The third-order valence-corrected chi connectivity index (χ3v) is 7.19. The molecule has 0 saturated carbocycles. The van der Waals surface area contributed by atoms with Crippen molar-refractivity contribution < 1.29 is 17.7 Å². The molecule has 8 heteroatoms. The van der Waals surface area contributed by atoms with Gasteiger partial charge in [-0.3, -0.25) is 9.71 Å². The van der Waals surface area contributed by atoms with Gasteiger partial charge in [-0.1, -0.05) is 24.3 Å². The highest BCUT2D eigenvalue weighted by Gasteiger charge is 2.51. The first-order valence-electron chi connectivity index (χ1n) is 9.34.